The van der Waals surface area contributed by atoms with Crippen LogP contribution in [0.15, 0.2) is 18.2 Å². The summed E-state index contributed by atoms with van der Waals surface area (Å²) < 4.78 is 32.2. The lowest BCUT2D eigenvalue weighted by molar-refractivity contribution is 0.111. The van der Waals surface area contributed by atoms with E-state index in [9.17, 15) is 8.42 Å². The zero-order valence-corrected chi connectivity index (χ0v) is 14.6. The third kappa shape index (κ3) is 7.16. The van der Waals surface area contributed by atoms with Gasteiger partial charge in [-0.05, 0) is 29.5 Å². The van der Waals surface area contributed by atoms with Crippen LogP contribution in [0.1, 0.15) is 31.9 Å². The van der Waals surface area contributed by atoms with Crippen molar-refractivity contribution in [3.63, 3.8) is 0 Å². The molecule has 0 aliphatic rings. The van der Waals surface area contributed by atoms with Crippen molar-refractivity contribution in [3.8, 4) is 5.75 Å². The highest BCUT2D eigenvalue weighted by molar-refractivity contribution is 8.13. The summed E-state index contributed by atoms with van der Waals surface area (Å²) >= 11 is 0. The maximum atomic E-state index is 10.7. The summed E-state index contributed by atoms with van der Waals surface area (Å²) in [4.78, 5) is 0. The molecule has 0 N–H and O–H groups in total. The summed E-state index contributed by atoms with van der Waals surface area (Å²) in [6.45, 7) is 9.29. The molecule has 0 saturated heterocycles. The van der Waals surface area contributed by atoms with E-state index in [4.69, 9.17) is 20.2 Å². The average molecular weight is 335 g/mol. The Morgan fingerprint density at radius 3 is 2.33 bits per heavy atom. The average Bonchev–Trinajstić information content (AvgIpc) is 2.32. The van der Waals surface area contributed by atoms with E-state index in [1.807, 2.05) is 13.0 Å². The van der Waals surface area contributed by atoms with Crippen molar-refractivity contribution in [1.29, 1.82) is 0 Å². The van der Waals surface area contributed by atoms with Gasteiger partial charge >= 0.3 is 0 Å². The van der Waals surface area contributed by atoms with Gasteiger partial charge in [-0.3, -0.25) is 0 Å². The van der Waals surface area contributed by atoms with E-state index in [0.29, 0.717) is 13.2 Å². The molecule has 0 unspecified atom stereocenters. The number of benzene rings is 1. The van der Waals surface area contributed by atoms with E-state index in [1.165, 1.54) is 5.56 Å². The fraction of sp³-hybridized carbons (Fsp3) is 0.600. The third-order valence-electron chi connectivity index (χ3n) is 3.00. The van der Waals surface area contributed by atoms with Crippen LogP contribution >= 0.6 is 10.7 Å². The van der Waals surface area contributed by atoms with Crippen molar-refractivity contribution < 1.29 is 17.9 Å². The topological polar surface area (TPSA) is 52.6 Å². The minimum Gasteiger partial charge on any atom is -0.491 e. The molecule has 4 nitrogen and oxygen atoms in total. The number of hydrogen-bond donors (Lipinski definition) is 0. The molecule has 0 aromatic heterocycles. The van der Waals surface area contributed by atoms with Crippen LogP contribution in [0.5, 0.6) is 5.75 Å². The van der Waals surface area contributed by atoms with Gasteiger partial charge in [-0.2, -0.15) is 0 Å². The summed E-state index contributed by atoms with van der Waals surface area (Å²) in [5, 5.41) is 0. The van der Waals surface area contributed by atoms with E-state index < -0.39 is 9.05 Å². The molecular formula is C15H23ClO4S. The Balaban J connectivity index is 2.40. The van der Waals surface area contributed by atoms with Crippen molar-refractivity contribution in [2.45, 2.75) is 33.1 Å². The fourth-order valence-electron chi connectivity index (χ4n) is 1.75. The first-order chi connectivity index (χ1) is 9.59. The van der Waals surface area contributed by atoms with Crippen molar-refractivity contribution in [1.82, 2.24) is 0 Å². The first-order valence-electron chi connectivity index (χ1n) is 6.83. The molecule has 0 saturated carbocycles. The number of hydrogen-bond acceptors (Lipinski definition) is 4. The molecule has 0 radical (unpaired) electrons. The lowest BCUT2D eigenvalue weighted by Gasteiger charge is -2.20. The zero-order valence-electron chi connectivity index (χ0n) is 13.0. The first-order valence-corrected chi connectivity index (χ1v) is 9.31. The van der Waals surface area contributed by atoms with Crippen LogP contribution in [0.4, 0.5) is 0 Å². The maximum Gasteiger partial charge on any atom is 0.234 e. The van der Waals surface area contributed by atoms with Crippen LogP contribution in [0.2, 0.25) is 0 Å². The van der Waals surface area contributed by atoms with Gasteiger partial charge in [0.25, 0.3) is 0 Å². The molecule has 1 rings (SSSR count). The van der Waals surface area contributed by atoms with Gasteiger partial charge in [0.05, 0.1) is 19.0 Å². The number of halogens is 1. The van der Waals surface area contributed by atoms with E-state index in [0.717, 1.165) is 11.3 Å². The monoisotopic (exact) mass is 334 g/mol. The highest BCUT2D eigenvalue weighted by atomic mass is 35.7. The minimum atomic E-state index is -3.48. The lowest BCUT2D eigenvalue weighted by atomic mass is 9.86. The Morgan fingerprint density at radius 1 is 1.14 bits per heavy atom. The number of aryl methyl sites for hydroxylation is 1. The van der Waals surface area contributed by atoms with Gasteiger partial charge < -0.3 is 9.47 Å². The first kappa shape index (κ1) is 18.3. The SMILES string of the molecule is Cc1cc(C(C)(C)C)ccc1OCCOCCS(=O)(=O)Cl. The molecule has 0 bridgehead atoms. The van der Waals surface area contributed by atoms with Gasteiger partial charge in [0.15, 0.2) is 0 Å². The fourth-order valence-corrected chi connectivity index (χ4v) is 2.25. The lowest BCUT2D eigenvalue weighted by Crippen LogP contribution is -2.13. The predicted octanol–water partition coefficient (Wildman–Crippen LogP) is 3.26. The van der Waals surface area contributed by atoms with E-state index in [2.05, 4.69) is 32.9 Å². The van der Waals surface area contributed by atoms with Crippen LogP contribution in [-0.4, -0.2) is 34.0 Å². The van der Waals surface area contributed by atoms with Crippen molar-refractivity contribution in [2.75, 3.05) is 25.6 Å². The van der Waals surface area contributed by atoms with Gasteiger partial charge in [0.2, 0.25) is 9.05 Å². The molecule has 0 heterocycles. The third-order valence-corrected chi connectivity index (χ3v) is 4.11. The molecule has 1 aromatic carbocycles. The van der Waals surface area contributed by atoms with Crippen LogP contribution < -0.4 is 4.74 Å². The Bertz CT molecular complexity index is 562. The second kappa shape index (κ2) is 7.47. The van der Waals surface area contributed by atoms with E-state index in [-0.39, 0.29) is 17.8 Å². The van der Waals surface area contributed by atoms with Gasteiger partial charge in [0, 0.05) is 10.7 Å². The van der Waals surface area contributed by atoms with E-state index in [1.54, 1.807) is 0 Å². The Kier molecular flexibility index (Phi) is 6.50. The highest BCUT2D eigenvalue weighted by Gasteiger charge is 2.14. The smallest absolute Gasteiger partial charge is 0.234 e. The summed E-state index contributed by atoms with van der Waals surface area (Å²) in [6.07, 6.45) is 0. The van der Waals surface area contributed by atoms with Crippen LogP contribution in [0, 0.1) is 6.92 Å². The normalized spacial score (nSPS) is 12.4. The van der Waals surface area contributed by atoms with Gasteiger partial charge in [-0.25, -0.2) is 8.42 Å². The molecular weight excluding hydrogens is 312 g/mol. The molecule has 0 spiro atoms. The zero-order chi connectivity index (χ0) is 16.1. The molecule has 120 valence electrons. The van der Waals surface area contributed by atoms with Crippen LogP contribution in [0.25, 0.3) is 0 Å². The number of ether oxygens (including phenoxy) is 2. The largest absolute Gasteiger partial charge is 0.491 e. The Labute approximate surface area is 131 Å². The predicted molar refractivity (Wildman–Crippen MR) is 85.8 cm³/mol. The summed E-state index contributed by atoms with van der Waals surface area (Å²) in [5.74, 6) is 0.630. The summed E-state index contributed by atoms with van der Waals surface area (Å²) in [5.41, 5.74) is 2.45. The molecule has 0 amide bonds. The molecule has 0 aliphatic carbocycles. The van der Waals surface area contributed by atoms with Gasteiger partial charge in [-0.1, -0.05) is 32.9 Å². The molecule has 0 fully saturated rings. The molecule has 6 heteroatoms. The van der Waals surface area contributed by atoms with Crippen molar-refractivity contribution in [2.24, 2.45) is 0 Å². The maximum absolute atomic E-state index is 10.7. The van der Waals surface area contributed by atoms with Crippen molar-refractivity contribution in [3.05, 3.63) is 29.3 Å². The minimum absolute atomic E-state index is 0.0805. The van der Waals surface area contributed by atoms with Crippen LogP contribution in [-0.2, 0) is 19.2 Å². The van der Waals surface area contributed by atoms with Gasteiger partial charge in [-0.15, -0.1) is 0 Å². The second-order valence-corrected chi connectivity index (χ2v) is 8.83. The highest BCUT2D eigenvalue weighted by Crippen LogP contribution is 2.27. The standard InChI is InChI=1S/C15H23ClO4S/c1-12-11-13(15(2,3)4)5-6-14(12)20-8-7-19-9-10-21(16,17)18/h5-6,11H,7-10H2,1-4H3. The molecule has 1 aromatic rings. The molecule has 21 heavy (non-hydrogen) atoms. The Morgan fingerprint density at radius 2 is 1.81 bits per heavy atom. The van der Waals surface area contributed by atoms with Crippen molar-refractivity contribution >= 4 is 19.7 Å². The van der Waals surface area contributed by atoms with Crippen LogP contribution in [0.3, 0.4) is 0 Å². The quantitative estimate of drug-likeness (QED) is 0.567. The van der Waals surface area contributed by atoms with E-state index >= 15 is 0 Å². The Hall–Kier alpha value is -0.780. The summed E-state index contributed by atoms with van der Waals surface area (Å²) in [6, 6.07) is 6.14. The number of rotatable bonds is 7. The molecule has 0 aliphatic heterocycles. The second-order valence-electron chi connectivity index (χ2n) is 5.93. The molecule has 0 atom stereocenters. The summed E-state index contributed by atoms with van der Waals surface area (Å²) in [7, 11) is 1.59. The van der Waals surface area contributed by atoms with Gasteiger partial charge in [0.1, 0.15) is 12.4 Å².